The molecule has 2 N–H and O–H groups in total. The number of hydrogen-bond donors (Lipinski definition) is 2. The molecule has 1 aliphatic heterocycles. The molecule has 0 spiro atoms. The second-order valence-electron chi connectivity index (χ2n) is 11.1. The maximum absolute atomic E-state index is 13.2. The molecule has 6 rings (SSSR count). The number of urea groups is 1. The van der Waals surface area contributed by atoms with Crippen molar-refractivity contribution in [1.29, 1.82) is 0 Å². The number of piperidine rings is 1. The van der Waals surface area contributed by atoms with Crippen molar-refractivity contribution < 1.29 is 18.0 Å². The molecule has 1 saturated heterocycles. The fourth-order valence-electron chi connectivity index (χ4n) is 5.97. The number of nitrogens with zero attached hydrogens (tertiary/aromatic N) is 6. The Kier molecular flexibility index (Phi) is 8.38. The van der Waals surface area contributed by atoms with Crippen LogP contribution in [0.15, 0.2) is 48.9 Å². The number of alkyl halides is 3. The number of pyridine rings is 1. The van der Waals surface area contributed by atoms with E-state index in [4.69, 9.17) is 16.6 Å². The number of halogens is 4. The summed E-state index contributed by atoms with van der Waals surface area (Å²) in [7, 11) is 0. The van der Waals surface area contributed by atoms with Crippen LogP contribution in [0, 0.1) is 5.92 Å². The molecule has 226 valence electrons. The first kappa shape index (κ1) is 29.2. The van der Waals surface area contributed by atoms with Gasteiger partial charge in [-0.15, -0.1) is 0 Å². The lowest BCUT2D eigenvalue weighted by Gasteiger charge is -2.33. The van der Waals surface area contributed by atoms with Crippen molar-refractivity contribution in [2.24, 2.45) is 5.92 Å². The van der Waals surface area contributed by atoms with E-state index in [1.54, 1.807) is 22.8 Å². The van der Waals surface area contributed by atoms with E-state index in [9.17, 15) is 18.0 Å². The summed E-state index contributed by atoms with van der Waals surface area (Å²) in [6.07, 6.45) is 5.58. The minimum absolute atomic E-state index is 0.0365. The standard InChI is InChI=1S/C30H32ClF3N8O/c31-23-9-5-4-8-22(23)26-40-25-27(37-18-38-28(25)42(26)21-10-11-24(35-17-21)30(32,33)34)41-14-12-20(13-15-41)39-29(43)36-16-19-6-2-1-3-7-19/h4-5,8-11,17-20H,1-3,6-7,12-16H2,(H2,36,39,43). The summed E-state index contributed by atoms with van der Waals surface area (Å²) in [6, 6.07) is 9.31. The number of amides is 2. The smallest absolute Gasteiger partial charge is 0.355 e. The maximum atomic E-state index is 13.2. The molecule has 0 bridgehead atoms. The van der Waals surface area contributed by atoms with Crippen molar-refractivity contribution >= 4 is 34.6 Å². The van der Waals surface area contributed by atoms with Gasteiger partial charge < -0.3 is 15.5 Å². The van der Waals surface area contributed by atoms with E-state index in [2.05, 4.69) is 30.5 Å². The van der Waals surface area contributed by atoms with Gasteiger partial charge in [0.1, 0.15) is 17.8 Å². The molecule has 2 fully saturated rings. The van der Waals surface area contributed by atoms with Crippen molar-refractivity contribution in [2.75, 3.05) is 24.5 Å². The molecule has 3 aromatic heterocycles. The summed E-state index contributed by atoms with van der Waals surface area (Å²) >= 11 is 6.54. The molecule has 1 aliphatic carbocycles. The van der Waals surface area contributed by atoms with Gasteiger partial charge in [0.15, 0.2) is 17.0 Å². The van der Waals surface area contributed by atoms with Gasteiger partial charge in [0, 0.05) is 31.2 Å². The highest BCUT2D eigenvalue weighted by Crippen LogP contribution is 2.36. The van der Waals surface area contributed by atoms with Gasteiger partial charge in [-0.3, -0.25) is 4.57 Å². The normalized spacial score (nSPS) is 16.9. The molecule has 0 atom stereocenters. The fraction of sp³-hybridized carbons (Fsp3) is 0.433. The van der Waals surface area contributed by atoms with Crippen molar-refractivity contribution in [3.8, 4) is 17.1 Å². The average Bonchev–Trinajstić information content (AvgIpc) is 3.40. The average molecular weight is 613 g/mol. The lowest BCUT2D eigenvalue weighted by molar-refractivity contribution is -0.141. The Labute approximate surface area is 251 Å². The van der Waals surface area contributed by atoms with Gasteiger partial charge in [-0.1, -0.05) is 43.0 Å². The van der Waals surface area contributed by atoms with E-state index in [0.717, 1.165) is 25.1 Å². The Morgan fingerprint density at radius 2 is 1.74 bits per heavy atom. The van der Waals surface area contributed by atoms with Gasteiger partial charge >= 0.3 is 12.2 Å². The second-order valence-corrected chi connectivity index (χ2v) is 11.5. The number of benzene rings is 1. The Balaban J connectivity index is 1.24. The van der Waals surface area contributed by atoms with Crippen LogP contribution in [-0.2, 0) is 6.18 Å². The Bertz CT molecular complexity index is 1580. The lowest BCUT2D eigenvalue weighted by atomic mass is 9.89. The third-order valence-electron chi connectivity index (χ3n) is 8.24. The number of anilines is 1. The molecular formula is C30H32ClF3N8O. The molecule has 4 heterocycles. The van der Waals surface area contributed by atoms with E-state index in [-0.39, 0.29) is 12.1 Å². The summed E-state index contributed by atoms with van der Waals surface area (Å²) in [5.41, 5.74) is 0.875. The summed E-state index contributed by atoms with van der Waals surface area (Å²) in [5.74, 6) is 1.59. The van der Waals surface area contributed by atoms with Gasteiger partial charge in [0.2, 0.25) is 0 Å². The zero-order valence-electron chi connectivity index (χ0n) is 23.4. The minimum Gasteiger partial charge on any atom is -0.355 e. The lowest BCUT2D eigenvalue weighted by Crippen LogP contribution is -2.48. The number of aromatic nitrogens is 5. The van der Waals surface area contributed by atoms with E-state index in [0.29, 0.717) is 64.6 Å². The monoisotopic (exact) mass is 612 g/mol. The first-order valence-electron chi connectivity index (χ1n) is 14.6. The van der Waals surface area contributed by atoms with Crippen LogP contribution in [0.3, 0.4) is 0 Å². The predicted molar refractivity (Wildman–Crippen MR) is 158 cm³/mol. The number of nitrogens with one attached hydrogen (secondary N) is 2. The molecule has 13 heteroatoms. The third-order valence-corrected chi connectivity index (χ3v) is 8.57. The van der Waals surface area contributed by atoms with Crippen molar-refractivity contribution in [1.82, 2.24) is 35.1 Å². The quantitative estimate of drug-likeness (QED) is 0.261. The van der Waals surface area contributed by atoms with Gasteiger partial charge in [0.05, 0.1) is 16.9 Å². The summed E-state index contributed by atoms with van der Waals surface area (Å²) in [4.78, 5) is 32.2. The molecule has 43 heavy (non-hydrogen) atoms. The topological polar surface area (TPSA) is 101 Å². The molecule has 2 aliphatic rings. The first-order chi connectivity index (χ1) is 20.8. The molecular weight excluding hydrogens is 581 g/mol. The number of carbonyl (C=O) groups excluding carboxylic acids is 1. The molecule has 9 nitrogen and oxygen atoms in total. The van der Waals surface area contributed by atoms with Gasteiger partial charge in [0.25, 0.3) is 0 Å². The van der Waals surface area contributed by atoms with Crippen LogP contribution in [0.1, 0.15) is 50.6 Å². The van der Waals surface area contributed by atoms with Crippen LogP contribution in [-0.4, -0.2) is 56.2 Å². The number of rotatable bonds is 6. The number of imidazole rings is 1. The molecule has 1 saturated carbocycles. The highest BCUT2D eigenvalue weighted by Gasteiger charge is 2.33. The number of fused-ring (bicyclic) bond motifs is 1. The van der Waals surface area contributed by atoms with Crippen LogP contribution in [0.4, 0.5) is 23.8 Å². The number of hydrogen-bond acceptors (Lipinski definition) is 6. The third kappa shape index (κ3) is 6.39. The first-order valence-corrected chi connectivity index (χ1v) is 15.0. The van der Waals surface area contributed by atoms with Crippen LogP contribution in [0.25, 0.3) is 28.2 Å². The highest BCUT2D eigenvalue weighted by atomic mass is 35.5. The van der Waals surface area contributed by atoms with E-state index < -0.39 is 11.9 Å². The maximum Gasteiger partial charge on any atom is 0.433 e. The van der Waals surface area contributed by atoms with Crippen LogP contribution in [0.5, 0.6) is 0 Å². The molecule has 4 aromatic rings. The van der Waals surface area contributed by atoms with Gasteiger partial charge in [-0.25, -0.2) is 24.7 Å². The Hall–Kier alpha value is -3.93. The zero-order valence-corrected chi connectivity index (χ0v) is 24.2. The van der Waals surface area contributed by atoms with Crippen LogP contribution >= 0.6 is 11.6 Å². The van der Waals surface area contributed by atoms with E-state index in [1.807, 2.05) is 6.07 Å². The highest BCUT2D eigenvalue weighted by molar-refractivity contribution is 6.33. The van der Waals surface area contributed by atoms with Crippen molar-refractivity contribution in [3.63, 3.8) is 0 Å². The van der Waals surface area contributed by atoms with Crippen molar-refractivity contribution in [3.05, 3.63) is 59.6 Å². The molecule has 0 radical (unpaired) electrons. The Morgan fingerprint density at radius 1 is 0.977 bits per heavy atom. The second kappa shape index (κ2) is 12.4. The van der Waals surface area contributed by atoms with Gasteiger partial charge in [-0.2, -0.15) is 13.2 Å². The van der Waals surface area contributed by atoms with Gasteiger partial charge in [-0.05, 0) is 55.9 Å². The zero-order chi connectivity index (χ0) is 30.0. The summed E-state index contributed by atoms with van der Waals surface area (Å²) in [6.45, 7) is 1.99. The SMILES string of the molecule is O=C(NCC1CCCCC1)NC1CCN(c2ncnc3c2nc(-c2ccccc2Cl)n3-c2ccc(C(F)(F)F)nc2)CC1. The minimum atomic E-state index is -4.56. The molecule has 2 amide bonds. The predicted octanol–water partition coefficient (Wildman–Crippen LogP) is 6.40. The summed E-state index contributed by atoms with van der Waals surface area (Å²) < 4.78 is 41.3. The number of carbonyl (C=O) groups is 1. The van der Waals surface area contributed by atoms with Crippen molar-refractivity contribution in [2.45, 2.75) is 57.2 Å². The molecule has 1 aromatic carbocycles. The van der Waals surface area contributed by atoms with E-state index in [1.165, 1.54) is 44.5 Å². The van der Waals surface area contributed by atoms with Crippen LogP contribution in [0.2, 0.25) is 5.02 Å². The molecule has 0 unspecified atom stereocenters. The van der Waals surface area contributed by atoms with Crippen LogP contribution < -0.4 is 15.5 Å². The fourth-order valence-corrected chi connectivity index (χ4v) is 6.19. The Morgan fingerprint density at radius 3 is 2.44 bits per heavy atom. The largest absolute Gasteiger partial charge is 0.433 e. The summed E-state index contributed by atoms with van der Waals surface area (Å²) in [5, 5.41) is 6.59. The van der Waals surface area contributed by atoms with E-state index >= 15 is 0 Å².